The molecule has 14 heteroatoms. The van der Waals surface area contributed by atoms with E-state index >= 15 is 4.39 Å². The molecule has 0 bridgehead atoms. The zero-order valence-electron chi connectivity index (χ0n) is 20.6. The maximum Gasteiger partial charge on any atom is 0.433 e. The molecule has 0 aliphatic carbocycles. The van der Waals surface area contributed by atoms with Gasteiger partial charge in [0, 0.05) is 24.5 Å². The van der Waals surface area contributed by atoms with Crippen LogP contribution in [-0.2, 0) is 15.7 Å². The van der Waals surface area contributed by atoms with E-state index in [4.69, 9.17) is 9.47 Å². The molecule has 1 aromatic carbocycles. The summed E-state index contributed by atoms with van der Waals surface area (Å²) < 4.78 is 66.1. The van der Waals surface area contributed by atoms with Gasteiger partial charge in [0.25, 0.3) is 11.9 Å². The van der Waals surface area contributed by atoms with Crippen LogP contribution in [0.25, 0.3) is 5.95 Å². The van der Waals surface area contributed by atoms with Crippen LogP contribution in [0.15, 0.2) is 42.7 Å². The minimum Gasteiger partial charge on any atom is -0.444 e. The van der Waals surface area contributed by atoms with Gasteiger partial charge < -0.3 is 19.7 Å². The highest BCUT2D eigenvalue weighted by Gasteiger charge is 2.33. The Balaban J connectivity index is 1.48. The van der Waals surface area contributed by atoms with Crippen LogP contribution >= 0.6 is 0 Å². The van der Waals surface area contributed by atoms with Crippen molar-refractivity contribution >= 4 is 17.7 Å². The average Bonchev–Trinajstić information content (AvgIpc) is 3.35. The largest absolute Gasteiger partial charge is 0.444 e. The molecule has 10 nitrogen and oxygen atoms in total. The zero-order chi connectivity index (χ0) is 27.7. The average molecular weight is 536 g/mol. The van der Waals surface area contributed by atoms with Crippen molar-refractivity contribution in [2.24, 2.45) is 0 Å². The van der Waals surface area contributed by atoms with Crippen molar-refractivity contribution in [3.63, 3.8) is 0 Å². The minimum absolute atomic E-state index is 0.0463. The van der Waals surface area contributed by atoms with E-state index in [0.29, 0.717) is 6.07 Å². The van der Waals surface area contributed by atoms with Crippen molar-refractivity contribution < 1.29 is 36.6 Å². The lowest BCUT2D eigenvalue weighted by Gasteiger charge is -2.34. The first-order valence-electron chi connectivity index (χ1n) is 11.5. The number of nitrogens with zero attached hydrogens (tertiary/aromatic N) is 5. The number of halogens is 4. The Morgan fingerprint density at radius 3 is 2.63 bits per heavy atom. The molecule has 3 aromatic rings. The lowest BCUT2D eigenvalue weighted by atomic mass is 10.1. The summed E-state index contributed by atoms with van der Waals surface area (Å²) in [5, 5.41) is 6.31. The molecule has 1 saturated heterocycles. The quantitative estimate of drug-likeness (QED) is 0.493. The third-order valence-electron chi connectivity index (χ3n) is 5.30. The molecule has 0 radical (unpaired) electrons. The van der Waals surface area contributed by atoms with Crippen molar-refractivity contribution in [1.29, 1.82) is 0 Å². The van der Waals surface area contributed by atoms with Crippen molar-refractivity contribution in [3.8, 4) is 5.95 Å². The van der Waals surface area contributed by atoms with Crippen molar-refractivity contribution in [2.45, 2.75) is 38.7 Å². The summed E-state index contributed by atoms with van der Waals surface area (Å²) >= 11 is 0. The number of morpholine rings is 1. The molecule has 0 saturated carbocycles. The van der Waals surface area contributed by atoms with Gasteiger partial charge in [-0.25, -0.2) is 23.8 Å². The van der Waals surface area contributed by atoms with E-state index in [0.717, 1.165) is 10.9 Å². The van der Waals surface area contributed by atoms with Gasteiger partial charge in [-0.2, -0.15) is 18.3 Å². The number of ether oxygens (including phenoxy) is 2. The summed E-state index contributed by atoms with van der Waals surface area (Å²) in [5.74, 6) is -1.97. The van der Waals surface area contributed by atoms with E-state index in [-0.39, 0.29) is 36.6 Å². The fraction of sp³-hybridized carbons (Fsp3) is 0.375. The molecule has 1 aliphatic rings. The first kappa shape index (κ1) is 27.0. The Morgan fingerprint density at radius 1 is 1.16 bits per heavy atom. The molecule has 1 aliphatic heterocycles. The van der Waals surface area contributed by atoms with Gasteiger partial charge in [-0.15, -0.1) is 0 Å². The first-order valence-corrected chi connectivity index (χ1v) is 11.5. The van der Waals surface area contributed by atoms with Crippen LogP contribution in [-0.4, -0.2) is 61.9 Å². The van der Waals surface area contributed by atoms with Crippen LogP contribution in [0, 0.1) is 5.82 Å². The summed E-state index contributed by atoms with van der Waals surface area (Å²) in [6.45, 7) is 5.71. The van der Waals surface area contributed by atoms with E-state index in [1.165, 1.54) is 35.4 Å². The molecule has 1 fully saturated rings. The highest BCUT2D eigenvalue weighted by atomic mass is 19.4. The lowest BCUT2D eigenvalue weighted by molar-refractivity contribution is -0.141. The van der Waals surface area contributed by atoms with Gasteiger partial charge in [0.15, 0.2) is 11.5 Å². The number of carbonyl (C=O) groups excluding carboxylic acids is 2. The molecule has 2 amide bonds. The molecular weight excluding hydrogens is 512 g/mol. The van der Waals surface area contributed by atoms with Crippen LogP contribution in [0.4, 0.5) is 28.0 Å². The second kappa shape index (κ2) is 10.4. The number of hydrogen-bond acceptors (Lipinski definition) is 7. The summed E-state index contributed by atoms with van der Waals surface area (Å²) in [6, 6.07) is 6.26. The van der Waals surface area contributed by atoms with E-state index in [2.05, 4.69) is 20.4 Å². The van der Waals surface area contributed by atoms with Gasteiger partial charge in [-0.3, -0.25) is 4.79 Å². The zero-order valence-corrected chi connectivity index (χ0v) is 20.6. The SMILES string of the molecule is CC(C)(C)OC(=O)N1CCO[C@@H](c2cccc(NC(=O)c3ccn(-c4nccc(C(F)(F)F)n4)n3)c2F)C1. The van der Waals surface area contributed by atoms with Crippen molar-refractivity contribution in [1.82, 2.24) is 24.6 Å². The third-order valence-corrected chi connectivity index (χ3v) is 5.30. The van der Waals surface area contributed by atoms with Gasteiger partial charge in [0.1, 0.15) is 17.4 Å². The Bertz CT molecular complexity index is 1340. The van der Waals surface area contributed by atoms with Gasteiger partial charge in [0.05, 0.1) is 18.8 Å². The Morgan fingerprint density at radius 2 is 1.92 bits per heavy atom. The molecule has 3 heterocycles. The molecule has 0 unspecified atom stereocenters. The molecule has 202 valence electrons. The summed E-state index contributed by atoms with van der Waals surface area (Å²) in [6.07, 6.45) is -3.90. The predicted molar refractivity (Wildman–Crippen MR) is 125 cm³/mol. The Labute approximate surface area is 214 Å². The van der Waals surface area contributed by atoms with Gasteiger partial charge in [-0.05, 0) is 39.0 Å². The number of anilines is 1. The summed E-state index contributed by atoms with van der Waals surface area (Å²) in [7, 11) is 0. The van der Waals surface area contributed by atoms with Crippen LogP contribution < -0.4 is 5.32 Å². The number of hydrogen-bond donors (Lipinski definition) is 1. The van der Waals surface area contributed by atoms with E-state index in [1.807, 2.05) is 0 Å². The molecule has 1 N–H and O–H groups in total. The number of benzene rings is 1. The van der Waals surface area contributed by atoms with E-state index < -0.39 is 47.3 Å². The monoisotopic (exact) mass is 536 g/mol. The number of aromatic nitrogens is 4. The maximum absolute atomic E-state index is 15.4. The Kier molecular flexibility index (Phi) is 7.35. The van der Waals surface area contributed by atoms with E-state index in [9.17, 15) is 22.8 Å². The van der Waals surface area contributed by atoms with Crippen LogP contribution in [0.1, 0.15) is 48.6 Å². The fourth-order valence-electron chi connectivity index (χ4n) is 3.58. The van der Waals surface area contributed by atoms with Gasteiger partial charge in [-0.1, -0.05) is 12.1 Å². The highest BCUT2D eigenvalue weighted by Crippen LogP contribution is 2.30. The topological polar surface area (TPSA) is 111 Å². The normalized spacial score (nSPS) is 16.3. The predicted octanol–water partition coefficient (Wildman–Crippen LogP) is 4.38. The van der Waals surface area contributed by atoms with Crippen molar-refractivity contribution in [2.75, 3.05) is 25.0 Å². The molecular formula is C24H24F4N6O4. The molecule has 38 heavy (non-hydrogen) atoms. The van der Waals surface area contributed by atoms with Gasteiger partial charge >= 0.3 is 12.3 Å². The van der Waals surface area contributed by atoms with E-state index in [1.54, 1.807) is 20.8 Å². The number of amides is 2. The molecule has 1 atom stereocenters. The van der Waals surface area contributed by atoms with Gasteiger partial charge in [0.2, 0.25) is 0 Å². The second-order valence-corrected chi connectivity index (χ2v) is 9.33. The highest BCUT2D eigenvalue weighted by molar-refractivity contribution is 6.02. The first-order chi connectivity index (χ1) is 17.8. The molecule has 4 rings (SSSR count). The van der Waals surface area contributed by atoms with Crippen molar-refractivity contribution in [3.05, 3.63) is 65.5 Å². The van der Waals surface area contributed by atoms with Crippen LogP contribution in [0.3, 0.4) is 0 Å². The number of nitrogens with one attached hydrogen (secondary N) is 1. The summed E-state index contributed by atoms with van der Waals surface area (Å²) in [4.78, 5) is 33.7. The fourth-order valence-corrected chi connectivity index (χ4v) is 3.58. The standard InChI is InChI=1S/C24H24F4N6O4/c1-23(2,3)38-22(36)33-11-12-37-17(13-33)14-5-4-6-15(19(14)25)30-20(35)16-8-10-34(32-16)21-29-9-7-18(31-21)24(26,27)28/h4-10,17H,11-13H2,1-3H3,(H,30,35)/t17-/m1/s1. The lowest BCUT2D eigenvalue weighted by Crippen LogP contribution is -2.44. The molecule has 0 spiro atoms. The molecule has 2 aromatic heterocycles. The number of rotatable bonds is 4. The maximum atomic E-state index is 15.4. The third kappa shape index (κ3) is 6.25. The second-order valence-electron chi connectivity index (χ2n) is 9.33. The smallest absolute Gasteiger partial charge is 0.433 e. The Hall–Kier alpha value is -4.07. The number of alkyl halides is 3. The van der Waals surface area contributed by atoms with Crippen LogP contribution in [0.2, 0.25) is 0 Å². The minimum atomic E-state index is -4.68. The summed E-state index contributed by atoms with van der Waals surface area (Å²) in [5.41, 5.74) is -2.12. The van der Waals surface area contributed by atoms with Crippen LogP contribution in [0.5, 0.6) is 0 Å². The number of carbonyl (C=O) groups is 2.